The van der Waals surface area contributed by atoms with Crippen molar-refractivity contribution in [1.29, 1.82) is 0 Å². The summed E-state index contributed by atoms with van der Waals surface area (Å²) >= 11 is 3.20. The largest absolute Gasteiger partial charge is 1.00 e. The Kier molecular flexibility index (Phi) is 13.3. The molecule has 0 spiro atoms. The molecule has 40 heavy (non-hydrogen) atoms. The van der Waals surface area contributed by atoms with Gasteiger partial charge in [-0.25, -0.2) is 4.79 Å². The van der Waals surface area contributed by atoms with Crippen molar-refractivity contribution < 1.29 is 38.3 Å². The number of hydrogen-bond donors (Lipinski definition) is 2. The number of nitrogens with zero attached hydrogens (tertiary/aromatic N) is 1. The molecule has 0 bridgehead atoms. The number of carboxylic acid groups (broad SMARTS) is 1. The van der Waals surface area contributed by atoms with Gasteiger partial charge in [-0.3, -0.25) is 9.78 Å². The van der Waals surface area contributed by atoms with Crippen molar-refractivity contribution in [3.63, 3.8) is 0 Å². The molecule has 6 nitrogen and oxygen atoms in total. The summed E-state index contributed by atoms with van der Waals surface area (Å²) < 4.78 is 6.53. The fourth-order valence-corrected chi connectivity index (χ4v) is 6.43. The second-order valence-electron chi connectivity index (χ2n) is 10.3. The van der Waals surface area contributed by atoms with Crippen molar-refractivity contribution in [2.45, 2.75) is 70.6 Å². The zero-order chi connectivity index (χ0) is 27.6. The number of benzene rings is 2. The first kappa shape index (κ1) is 32.4. The number of amides is 1. The summed E-state index contributed by atoms with van der Waals surface area (Å²) in [5.41, 5.74) is 6.07. The van der Waals surface area contributed by atoms with E-state index in [0.717, 1.165) is 33.6 Å². The molecule has 1 aliphatic carbocycles. The van der Waals surface area contributed by atoms with Crippen LogP contribution in [0, 0.1) is 12.8 Å². The zero-order valence-electron chi connectivity index (χ0n) is 23.7. The average molecular weight is 574 g/mol. The molecule has 4 rings (SSSR count). The Hall–Kier alpha value is -2.08. The normalized spacial score (nSPS) is 15.2. The van der Waals surface area contributed by atoms with Crippen molar-refractivity contribution in [2.75, 3.05) is 12.0 Å². The number of hydrogen-bond acceptors (Lipinski definition) is 6. The summed E-state index contributed by atoms with van der Waals surface area (Å²) in [6.45, 7) is 2.43. The Morgan fingerprint density at radius 1 is 1.15 bits per heavy atom. The Morgan fingerprint density at radius 3 is 2.60 bits per heavy atom. The Balaban J connectivity index is 0.00000441. The number of thioether (sulfide) groups is 1. The SMILES string of the molecule is CSCCC(NC(=O)c1ccc(COC(CC2CCCCC2)c2cncs2)cc1-c1ccccc1C)C(=O)O.[Li+]. The molecule has 0 radical (unpaired) electrons. The fourth-order valence-electron chi connectivity index (χ4n) is 5.28. The van der Waals surface area contributed by atoms with Crippen molar-refractivity contribution in [3.05, 3.63) is 75.7 Å². The second-order valence-corrected chi connectivity index (χ2v) is 12.2. The zero-order valence-corrected chi connectivity index (χ0v) is 25.4. The molecule has 0 saturated heterocycles. The van der Waals surface area contributed by atoms with Crippen LogP contribution in [0.3, 0.4) is 0 Å². The summed E-state index contributed by atoms with van der Waals surface area (Å²) in [5.74, 6) is -0.0753. The van der Waals surface area contributed by atoms with E-state index >= 15 is 0 Å². The van der Waals surface area contributed by atoms with E-state index in [4.69, 9.17) is 4.74 Å². The molecule has 2 atom stereocenters. The van der Waals surface area contributed by atoms with Crippen LogP contribution in [-0.2, 0) is 16.1 Å². The van der Waals surface area contributed by atoms with Gasteiger partial charge in [0.2, 0.25) is 0 Å². The maximum Gasteiger partial charge on any atom is 1.00 e. The van der Waals surface area contributed by atoms with Crippen LogP contribution in [0.2, 0.25) is 0 Å². The Morgan fingerprint density at radius 2 is 1.93 bits per heavy atom. The van der Waals surface area contributed by atoms with Crippen LogP contribution in [0.1, 0.15) is 77.4 Å². The van der Waals surface area contributed by atoms with Crippen LogP contribution < -0.4 is 24.2 Å². The number of ether oxygens (including phenoxy) is 1. The summed E-state index contributed by atoms with van der Waals surface area (Å²) in [6, 6.07) is 12.7. The molecular weight excluding hydrogens is 535 g/mol. The number of aromatic nitrogens is 1. The predicted molar refractivity (Wildman–Crippen MR) is 159 cm³/mol. The summed E-state index contributed by atoms with van der Waals surface area (Å²) in [5, 5.41) is 12.4. The number of thiazole rings is 1. The Labute approximate surface area is 257 Å². The van der Waals surface area contributed by atoms with Crippen LogP contribution in [0.15, 0.2) is 54.2 Å². The quantitative estimate of drug-likeness (QED) is 0.297. The van der Waals surface area contributed by atoms with E-state index in [9.17, 15) is 14.7 Å². The van der Waals surface area contributed by atoms with Gasteiger partial charge >= 0.3 is 24.8 Å². The maximum absolute atomic E-state index is 13.4. The molecule has 1 amide bonds. The average Bonchev–Trinajstić information content (AvgIpc) is 3.49. The van der Waals surface area contributed by atoms with E-state index in [1.807, 2.05) is 61.3 Å². The standard InChI is InChI=1S/C31H38N2O4S2.Li/c1-21-8-6-7-11-24(21)26-16-23(12-13-25(26)30(34)33-27(31(35)36)14-15-38-2)19-37-28(29-18-32-20-39-29)17-22-9-4-3-5-10-22;/h6-8,11-13,16,18,20,22,27-28H,3-5,9-10,14-15,17,19H2,1-2H3,(H,33,34)(H,35,36);/q;+1. The van der Waals surface area contributed by atoms with Gasteiger partial charge in [0, 0.05) is 11.8 Å². The monoisotopic (exact) mass is 573 g/mol. The van der Waals surface area contributed by atoms with Gasteiger partial charge in [-0.15, -0.1) is 11.3 Å². The molecule has 1 aliphatic rings. The van der Waals surface area contributed by atoms with E-state index in [1.165, 1.54) is 32.1 Å². The molecule has 2 N–H and O–H groups in total. The molecule has 1 saturated carbocycles. The van der Waals surface area contributed by atoms with Crippen LogP contribution in [-0.4, -0.2) is 40.0 Å². The van der Waals surface area contributed by atoms with Gasteiger partial charge in [0.15, 0.2) is 0 Å². The van der Waals surface area contributed by atoms with Gasteiger partial charge in [-0.05, 0) is 72.1 Å². The topological polar surface area (TPSA) is 88.5 Å². The fraction of sp³-hybridized carbons (Fsp3) is 0.452. The minimum Gasteiger partial charge on any atom is -0.480 e. The van der Waals surface area contributed by atoms with E-state index in [0.29, 0.717) is 30.3 Å². The molecule has 0 aliphatic heterocycles. The molecule has 208 valence electrons. The number of rotatable bonds is 13. The molecule has 3 aromatic rings. The van der Waals surface area contributed by atoms with Gasteiger partial charge in [-0.2, -0.15) is 11.8 Å². The summed E-state index contributed by atoms with van der Waals surface area (Å²) in [7, 11) is 0. The molecule has 9 heteroatoms. The molecule has 1 aromatic heterocycles. The molecule has 2 aromatic carbocycles. The van der Waals surface area contributed by atoms with Gasteiger partial charge < -0.3 is 15.2 Å². The number of carbonyl (C=O) groups is 2. The number of carbonyl (C=O) groups excluding carboxylic acids is 1. The van der Waals surface area contributed by atoms with Crippen molar-refractivity contribution >= 4 is 35.0 Å². The third-order valence-electron chi connectivity index (χ3n) is 7.47. The minimum atomic E-state index is -1.02. The molecule has 1 heterocycles. The van der Waals surface area contributed by atoms with E-state index < -0.39 is 12.0 Å². The van der Waals surface area contributed by atoms with E-state index in [-0.39, 0.29) is 30.9 Å². The van der Waals surface area contributed by atoms with Crippen molar-refractivity contribution in [3.8, 4) is 11.1 Å². The van der Waals surface area contributed by atoms with Crippen molar-refractivity contribution in [2.24, 2.45) is 5.92 Å². The van der Waals surface area contributed by atoms with E-state index in [1.54, 1.807) is 29.2 Å². The van der Waals surface area contributed by atoms with Crippen LogP contribution in [0.5, 0.6) is 0 Å². The van der Waals surface area contributed by atoms with Crippen LogP contribution in [0.25, 0.3) is 11.1 Å². The molecular formula is C31H38LiN2O4S2+. The minimum absolute atomic E-state index is 0. The van der Waals surface area contributed by atoms with Crippen molar-refractivity contribution in [1.82, 2.24) is 10.3 Å². The smallest absolute Gasteiger partial charge is 0.480 e. The second kappa shape index (κ2) is 16.4. The predicted octanol–water partition coefficient (Wildman–Crippen LogP) is 4.29. The van der Waals surface area contributed by atoms with E-state index in [2.05, 4.69) is 10.3 Å². The van der Waals surface area contributed by atoms with Crippen LogP contribution >= 0.6 is 23.1 Å². The Bertz CT molecular complexity index is 1230. The van der Waals surface area contributed by atoms with Gasteiger partial charge in [0.1, 0.15) is 6.04 Å². The van der Waals surface area contributed by atoms with Crippen LogP contribution in [0.4, 0.5) is 0 Å². The molecule has 2 unspecified atom stereocenters. The first-order valence-corrected chi connectivity index (χ1v) is 15.9. The first-order valence-electron chi connectivity index (χ1n) is 13.7. The number of aryl methyl sites for hydroxylation is 1. The first-order chi connectivity index (χ1) is 19.0. The number of nitrogens with one attached hydrogen (secondary N) is 1. The molecule has 1 fully saturated rings. The third-order valence-corrected chi connectivity index (χ3v) is 8.98. The number of carboxylic acids is 1. The summed E-state index contributed by atoms with van der Waals surface area (Å²) in [6.07, 6.45) is 11.6. The van der Waals surface area contributed by atoms with Gasteiger partial charge in [-0.1, -0.05) is 62.4 Å². The third kappa shape index (κ3) is 8.96. The number of aliphatic carboxylic acids is 1. The maximum atomic E-state index is 13.4. The summed E-state index contributed by atoms with van der Waals surface area (Å²) in [4.78, 5) is 30.6. The van der Waals surface area contributed by atoms with Gasteiger partial charge in [0.25, 0.3) is 5.91 Å². The van der Waals surface area contributed by atoms with Gasteiger partial charge in [0.05, 0.1) is 23.1 Å².